The van der Waals surface area contributed by atoms with Crippen LogP contribution in [0.4, 0.5) is 0 Å². The summed E-state index contributed by atoms with van der Waals surface area (Å²) in [4.78, 5) is 25.7. The molecule has 0 aromatic rings. The summed E-state index contributed by atoms with van der Waals surface area (Å²) in [5.74, 6) is -1.01. The van der Waals surface area contributed by atoms with Crippen LogP contribution in [0, 0.1) is 0 Å². The Kier molecular flexibility index (Phi) is 36.7. The van der Waals surface area contributed by atoms with Gasteiger partial charge in [-0.2, -0.15) is 0 Å². The van der Waals surface area contributed by atoms with Crippen molar-refractivity contribution in [1.82, 2.24) is 0 Å². The lowest BCUT2D eigenvalue weighted by molar-refractivity contribution is -0.332. The predicted molar refractivity (Wildman–Crippen MR) is 261 cm³/mol. The van der Waals surface area contributed by atoms with Gasteiger partial charge in [-0.15, -0.1) is 0 Å². The third kappa shape index (κ3) is 27.9. The van der Waals surface area contributed by atoms with E-state index in [0.29, 0.717) is 12.8 Å². The normalized spacial score (nSPS) is 26.0. The number of aliphatic hydroxyl groups excluding tert-OH is 7. The summed E-state index contributed by atoms with van der Waals surface area (Å²) in [5.41, 5.74) is 0. The summed E-state index contributed by atoms with van der Waals surface area (Å²) < 4.78 is 33.5. The minimum Gasteiger partial charge on any atom is -0.462 e. The maximum Gasteiger partial charge on any atom is 0.306 e. The lowest BCUT2D eigenvalue weighted by atomic mass is 9.98. The summed E-state index contributed by atoms with van der Waals surface area (Å²) in [6.07, 6.45) is 26.2. The highest BCUT2D eigenvalue weighted by molar-refractivity contribution is 5.70. The van der Waals surface area contributed by atoms with Gasteiger partial charge < -0.3 is 64.2 Å². The van der Waals surface area contributed by atoms with Crippen LogP contribution in [0.15, 0.2) is 36.5 Å². The average molecular weight is 971 g/mol. The zero-order chi connectivity index (χ0) is 49.6. The van der Waals surface area contributed by atoms with Crippen LogP contribution in [0.1, 0.15) is 194 Å². The molecular formula is C53H94O15. The van der Waals surface area contributed by atoms with E-state index < -0.39 is 99.3 Å². The van der Waals surface area contributed by atoms with Crippen molar-refractivity contribution in [3.8, 4) is 0 Å². The van der Waals surface area contributed by atoms with Crippen molar-refractivity contribution in [2.24, 2.45) is 0 Å². The highest BCUT2D eigenvalue weighted by Gasteiger charge is 2.47. The molecule has 11 atom stereocenters. The van der Waals surface area contributed by atoms with Crippen molar-refractivity contribution < 1.29 is 73.8 Å². The molecule has 0 aromatic carbocycles. The van der Waals surface area contributed by atoms with Crippen molar-refractivity contribution in [2.45, 2.75) is 261 Å². The third-order valence-electron chi connectivity index (χ3n) is 12.6. The van der Waals surface area contributed by atoms with Gasteiger partial charge in [0.2, 0.25) is 0 Å². The van der Waals surface area contributed by atoms with E-state index in [9.17, 15) is 45.3 Å². The van der Waals surface area contributed by atoms with Gasteiger partial charge in [0.05, 0.1) is 19.8 Å². The zero-order valence-electron chi connectivity index (χ0n) is 41.8. The van der Waals surface area contributed by atoms with Gasteiger partial charge in [0.1, 0.15) is 55.4 Å². The van der Waals surface area contributed by atoms with Crippen LogP contribution in [-0.2, 0) is 38.0 Å². The number of hydrogen-bond acceptors (Lipinski definition) is 15. The van der Waals surface area contributed by atoms with Crippen LogP contribution in [0.3, 0.4) is 0 Å². The second-order valence-electron chi connectivity index (χ2n) is 18.7. The molecule has 68 heavy (non-hydrogen) atoms. The number of allylic oxidation sites excluding steroid dienone is 6. The lowest BCUT2D eigenvalue weighted by Gasteiger charge is -2.42. The van der Waals surface area contributed by atoms with E-state index in [2.05, 4.69) is 38.2 Å². The molecule has 2 saturated heterocycles. The first-order chi connectivity index (χ1) is 33.0. The molecule has 2 aliphatic rings. The topological polar surface area (TPSA) is 231 Å². The Bertz CT molecular complexity index is 1330. The smallest absolute Gasteiger partial charge is 0.306 e. The Morgan fingerprint density at radius 3 is 1.44 bits per heavy atom. The quantitative estimate of drug-likeness (QED) is 0.0177. The summed E-state index contributed by atoms with van der Waals surface area (Å²) in [5, 5.41) is 72.1. The minimum absolute atomic E-state index is 0.0588. The fourth-order valence-corrected chi connectivity index (χ4v) is 8.21. The highest BCUT2D eigenvalue weighted by Crippen LogP contribution is 2.26. The van der Waals surface area contributed by atoms with Crippen LogP contribution < -0.4 is 0 Å². The van der Waals surface area contributed by atoms with E-state index in [1.54, 1.807) is 0 Å². The van der Waals surface area contributed by atoms with Gasteiger partial charge >= 0.3 is 11.9 Å². The largest absolute Gasteiger partial charge is 0.462 e. The fourth-order valence-electron chi connectivity index (χ4n) is 8.21. The third-order valence-corrected chi connectivity index (χ3v) is 12.6. The fraction of sp³-hybridized carbons (Fsp3) is 0.849. The van der Waals surface area contributed by atoms with Crippen molar-refractivity contribution in [1.29, 1.82) is 0 Å². The van der Waals surface area contributed by atoms with Crippen LogP contribution in [0.25, 0.3) is 0 Å². The van der Waals surface area contributed by atoms with Crippen molar-refractivity contribution in [3.05, 3.63) is 36.5 Å². The number of carbonyl (C=O) groups excluding carboxylic acids is 2. The molecule has 0 aromatic heterocycles. The maximum atomic E-state index is 13.0. The summed E-state index contributed by atoms with van der Waals surface area (Å²) in [6.45, 7) is 2.52. The first-order valence-electron chi connectivity index (χ1n) is 26.6. The van der Waals surface area contributed by atoms with Gasteiger partial charge in [-0.05, 0) is 57.8 Å². The summed E-state index contributed by atoms with van der Waals surface area (Å²) >= 11 is 0. The molecule has 0 radical (unpaired) electrons. The van der Waals surface area contributed by atoms with Crippen molar-refractivity contribution in [2.75, 3.05) is 26.4 Å². The molecule has 15 nitrogen and oxygen atoms in total. The minimum atomic E-state index is -1.77. The summed E-state index contributed by atoms with van der Waals surface area (Å²) in [7, 11) is 0. The number of carbonyl (C=O) groups is 2. The second-order valence-corrected chi connectivity index (χ2v) is 18.7. The molecule has 2 aliphatic heterocycles. The van der Waals surface area contributed by atoms with Crippen molar-refractivity contribution >= 4 is 11.9 Å². The molecule has 0 aliphatic carbocycles. The second kappa shape index (κ2) is 40.3. The first kappa shape index (κ1) is 61.8. The van der Waals surface area contributed by atoms with E-state index in [4.69, 9.17) is 28.4 Å². The summed E-state index contributed by atoms with van der Waals surface area (Å²) in [6, 6.07) is 0. The molecule has 0 amide bonds. The number of unbranched alkanes of at least 4 members (excludes halogenated alkanes) is 21. The number of aliphatic hydroxyl groups is 7. The SMILES string of the molecule is CCCCCCCC/C=C/C/C=C/CCC(=O)OC(COC(=O)CCCCCCCCC/C=C/CCCCCCCCCC)CO[C@@H]1O[C@H](CO[C@@H]2O[C@H](CO)[C@H](O)C(O)C2O)[C@H](O)C(O)C1O. The molecule has 2 fully saturated rings. The average Bonchev–Trinajstić information content (AvgIpc) is 3.33. The molecule has 2 heterocycles. The monoisotopic (exact) mass is 971 g/mol. The number of rotatable bonds is 41. The van der Waals surface area contributed by atoms with E-state index in [1.165, 1.54) is 109 Å². The van der Waals surface area contributed by atoms with E-state index >= 15 is 0 Å². The molecular weight excluding hydrogens is 877 g/mol. The Morgan fingerprint density at radius 2 is 0.912 bits per heavy atom. The van der Waals surface area contributed by atoms with E-state index in [0.717, 1.165) is 44.9 Å². The Balaban J connectivity index is 1.80. The Hall–Kier alpha value is -2.28. The lowest BCUT2D eigenvalue weighted by Crippen LogP contribution is -2.61. The Labute approximate surface area is 408 Å². The zero-order valence-corrected chi connectivity index (χ0v) is 41.8. The van der Waals surface area contributed by atoms with Crippen LogP contribution in [0.5, 0.6) is 0 Å². The first-order valence-corrected chi connectivity index (χ1v) is 26.6. The van der Waals surface area contributed by atoms with Gasteiger partial charge in [-0.3, -0.25) is 9.59 Å². The number of esters is 2. The Morgan fingerprint density at radius 1 is 0.471 bits per heavy atom. The molecule has 5 unspecified atom stereocenters. The number of hydrogen-bond donors (Lipinski definition) is 7. The predicted octanol–water partition coefficient (Wildman–Crippen LogP) is 7.71. The van der Waals surface area contributed by atoms with Gasteiger partial charge in [0.15, 0.2) is 18.7 Å². The molecule has 0 saturated carbocycles. The van der Waals surface area contributed by atoms with Crippen LogP contribution >= 0.6 is 0 Å². The molecule has 0 bridgehead atoms. The van der Waals surface area contributed by atoms with Crippen molar-refractivity contribution in [3.63, 3.8) is 0 Å². The number of ether oxygens (including phenoxy) is 6. The van der Waals surface area contributed by atoms with Gasteiger partial charge in [-0.25, -0.2) is 0 Å². The molecule has 7 N–H and O–H groups in total. The standard InChI is InChI=1S/C53H94O15/c1-3-5-7-9-11-13-15-17-18-19-20-21-22-24-25-27-29-31-33-35-44(55)63-38-41(66-45(56)36-34-32-30-28-26-23-16-14-12-10-8-6-4-2)39-64-52-51(62)49(60)47(58)43(68-52)40-65-53-50(61)48(59)46(57)42(37-54)67-53/h19-20,23,26,30,32,41-43,46-54,57-62H,3-18,21-22,24-25,27-29,31,33-40H2,1-2H3/b20-19+,26-23+,32-30+/t41?,42-,43-,46+,47+,48?,49?,50?,51?,52-,53-/m1/s1. The van der Waals surface area contributed by atoms with Gasteiger partial charge in [0.25, 0.3) is 0 Å². The van der Waals surface area contributed by atoms with E-state index in [1.807, 2.05) is 12.2 Å². The van der Waals surface area contributed by atoms with Crippen LogP contribution in [-0.4, -0.2) is 142 Å². The van der Waals surface area contributed by atoms with E-state index in [-0.39, 0.29) is 19.4 Å². The van der Waals surface area contributed by atoms with Gasteiger partial charge in [-0.1, -0.05) is 159 Å². The van der Waals surface area contributed by atoms with Crippen LogP contribution in [0.2, 0.25) is 0 Å². The molecule has 2 rings (SSSR count). The molecule has 15 heteroatoms. The maximum absolute atomic E-state index is 13.0. The van der Waals surface area contributed by atoms with Gasteiger partial charge in [0, 0.05) is 12.8 Å². The molecule has 0 spiro atoms. The highest BCUT2D eigenvalue weighted by atomic mass is 16.7. The molecule has 396 valence electrons.